The van der Waals surface area contributed by atoms with Gasteiger partial charge >= 0.3 is 5.97 Å². The maximum Gasteiger partial charge on any atom is 0.322 e. The molecule has 96 valence electrons. The van der Waals surface area contributed by atoms with Crippen LogP contribution < -0.4 is 5.32 Å². The van der Waals surface area contributed by atoms with Gasteiger partial charge in [-0.15, -0.1) is 22.7 Å². The summed E-state index contributed by atoms with van der Waals surface area (Å²) in [6.45, 7) is 1.82. The molecule has 0 radical (unpaired) electrons. The molecular formula is C13H15NO2S2. The summed E-state index contributed by atoms with van der Waals surface area (Å²) in [6, 6.07) is 7.91. The van der Waals surface area contributed by atoms with Crippen molar-refractivity contribution in [2.75, 3.05) is 7.11 Å². The van der Waals surface area contributed by atoms with Gasteiger partial charge in [-0.1, -0.05) is 12.1 Å². The van der Waals surface area contributed by atoms with Crippen molar-refractivity contribution in [2.45, 2.75) is 19.0 Å². The van der Waals surface area contributed by atoms with Crippen LogP contribution in [0.5, 0.6) is 0 Å². The zero-order chi connectivity index (χ0) is 13.0. The van der Waals surface area contributed by atoms with Crippen LogP contribution in [0.15, 0.2) is 35.0 Å². The van der Waals surface area contributed by atoms with Crippen LogP contribution in [-0.4, -0.2) is 19.1 Å². The smallest absolute Gasteiger partial charge is 0.322 e. The van der Waals surface area contributed by atoms with E-state index in [4.69, 9.17) is 4.74 Å². The maximum absolute atomic E-state index is 11.5. The molecule has 0 fully saturated rings. The van der Waals surface area contributed by atoms with E-state index in [0.29, 0.717) is 0 Å². The number of ether oxygens (including phenoxy) is 1. The van der Waals surface area contributed by atoms with Crippen LogP contribution in [-0.2, 0) is 9.53 Å². The number of hydrogen-bond acceptors (Lipinski definition) is 5. The second-order valence-corrected chi connectivity index (χ2v) is 5.83. The molecular weight excluding hydrogens is 266 g/mol. The Labute approximate surface area is 114 Å². The third-order valence-electron chi connectivity index (χ3n) is 2.63. The number of methoxy groups -OCH3 is 1. The average molecular weight is 281 g/mol. The monoisotopic (exact) mass is 281 g/mol. The van der Waals surface area contributed by atoms with Gasteiger partial charge in [-0.05, 0) is 29.8 Å². The van der Waals surface area contributed by atoms with Gasteiger partial charge in [0.2, 0.25) is 0 Å². The van der Waals surface area contributed by atoms with Crippen LogP contribution in [0, 0.1) is 0 Å². The second-order valence-electron chi connectivity index (χ2n) is 3.88. The topological polar surface area (TPSA) is 38.3 Å². The molecule has 0 amide bonds. The number of carbonyl (C=O) groups is 1. The summed E-state index contributed by atoms with van der Waals surface area (Å²) >= 11 is 3.37. The number of rotatable bonds is 5. The third-order valence-corrected chi connectivity index (χ3v) is 4.50. The van der Waals surface area contributed by atoms with Gasteiger partial charge in [-0.2, -0.15) is 0 Å². The van der Waals surface area contributed by atoms with Crippen molar-refractivity contribution >= 4 is 28.6 Å². The highest BCUT2D eigenvalue weighted by Gasteiger charge is 2.22. The zero-order valence-corrected chi connectivity index (χ0v) is 11.9. The fourth-order valence-electron chi connectivity index (χ4n) is 1.71. The highest BCUT2D eigenvalue weighted by atomic mass is 32.1. The molecule has 2 rings (SSSR count). The minimum atomic E-state index is -0.329. The van der Waals surface area contributed by atoms with Crippen molar-refractivity contribution in [3.05, 3.63) is 44.8 Å². The molecule has 2 aromatic rings. The van der Waals surface area contributed by atoms with E-state index in [1.807, 2.05) is 29.8 Å². The van der Waals surface area contributed by atoms with Crippen molar-refractivity contribution in [1.29, 1.82) is 0 Å². The summed E-state index contributed by atoms with van der Waals surface area (Å²) in [5.74, 6) is -0.242. The highest BCUT2D eigenvalue weighted by Crippen LogP contribution is 2.29. The van der Waals surface area contributed by atoms with Crippen molar-refractivity contribution in [1.82, 2.24) is 5.32 Å². The molecule has 1 atom stereocenters. The van der Waals surface area contributed by atoms with Crippen LogP contribution in [0.4, 0.5) is 0 Å². The van der Waals surface area contributed by atoms with E-state index in [1.54, 1.807) is 22.7 Å². The minimum absolute atomic E-state index is 0.0547. The number of carbonyl (C=O) groups excluding carboxylic acids is 1. The van der Waals surface area contributed by atoms with E-state index in [1.165, 1.54) is 16.9 Å². The van der Waals surface area contributed by atoms with Gasteiger partial charge in [-0.3, -0.25) is 10.1 Å². The highest BCUT2D eigenvalue weighted by molar-refractivity contribution is 7.11. The Bertz CT molecular complexity index is 445. The Morgan fingerprint density at radius 2 is 1.78 bits per heavy atom. The molecule has 3 nitrogen and oxygen atoms in total. The molecule has 2 heterocycles. The van der Waals surface area contributed by atoms with E-state index in [0.717, 1.165) is 0 Å². The maximum atomic E-state index is 11.5. The minimum Gasteiger partial charge on any atom is -0.468 e. The molecule has 5 heteroatoms. The lowest BCUT2D eigenvalue weighted by Crippen LogP contribution is -2.37. The summed E-state index contributed by atoms with van der Waals surface area (Å²) in [5, 5.41) is 7.40. The summed E-state index contributed by atoms with van der Waals surface area (Å²) in [4.78, 5) is 13.9. The van der Waals surface area contributed by atoms with Crippen molar-refractivity contribution in [2.24, 2.45) is 0 Å². The average Bonchev–Trinajstić information content (AvgIpc) is 3.06. The quantitative estimate of drug-likeness (QED) is 0.856. The first-order chi connectivity index (χ1) is 8.72. The lowest BCUT2D eigenvalue weighted by Gasteiger charge is -2.20. The predicted molar refractivity (Wildman–Crippen MR) is 75.1 cm³/mol. The molecule has 1 N–H and O–H groups in total. The second kappa shape index (κ2) is 6.13. The lowest BCUT2D eigenvalue weighted by atomic mass is 10.1. The summed E-state index contributed by atoms with van der Waals surface area (Å²) < 4.78 is 4.75. The number of nitrogens with one attached hydrogen (secondary N) is 1. The first-order valence-electron chi connectivity index (χ1n) is 5.63. The Balaban J connectivity index is 2.19. The normalized spacial score (nSPS) is 12.6. The lowest BCUT2D eigenvalue weighted by molar-refractivity contribution is -0.142. The van der Waals surface area contributed by atoms with Gasteiger partial charge in [0.1, 0.15) is 6.04 Å². The number of hydrogen-bond donors (Lipinski definition) is 1. The standard InChI is InChI=1S/C13H15NO2S2/c1-9(13(15)16-2)14-12(10-5-3-7-17-10)11-6-4-8-18-11/h3-9,12,14H,1-2H3. The van der Waals surface area contributed by atoms with Crippen molar-refractivity contribution < 1.29 is 9.53 Å². The summed E-state index contributed by atoms with van der Waals surface area (Å²) in [5.41, 5.74) is 0. The SMILES string of the molecule is COC(=O)C(C)NC(c1cccs1)c1cccs1. The van der Waals surface area contributed by atoms with Gasteiger partial charge < -0.3 is 4.74 Å². The van der Waals surface area contributed by atoms with Gasteiger partial charge in [0.15, 0.2) is 0 Å². The predicted octanol–water partition coefficient (Wildman–Crippen LogP) is 3.05. The first-order valence-corrected chi connectivity index (χ1v) is 7.39. The summed E-state index contributed by atoms with van der Waals surface area (Å²) in [6.07, 6.45) is 0. The van der Waals surface area contributed by atoms with E-state index >= 15 is 0 Å². The van der Waals surface area contributed by atoms with Crippen molar-refractivity contribution in [3.8, 4) is 0 Å². The molecule has 2 aromatic heterocycles. The van der Waals surface area contributed by atoms with Gasteiger partial charge in [0.25, 0.3) is 0 Å². The fourth-order valence-corrected chi connectivity index (χ4v) is 3.39. The summed E-state index contributed by atoms with van der Waals surface area (Å²) in [7, 11) is 1.41. The molecule has 0 bridgehead atoms. The van der Waals surface area contributed by atoms with Crippen LogP contribution in [0.3, 0.4) is 0 Å². The largest absolute Gasteiger partial charge is 0.468 e. The van der Waals surface area contributed by atoms with E-state index in [9.17, 15) is 4.79 Å². The van der Waals surface area contributed by atoms with Gasteiger partial charge in [0.05, 0.1) is 13.2 Å². The van der Waals surface area contributed by atoms with Crippen LogP contribution in [0.1, 0.15) is 22.7 Å². The number of esters is 1. The first kappa shape index (κ1) is 13.3. The molecule has 0 saturated carbocycles. The fraction of sp³-hybridized carbons (Fsp3) is 0.308. The molecule has 0 saturated heterocycles. The number of thiophene rings is 2. The molecule has 0 spiro atoms. The molecule has 0 aliphatic carbocycles. The Kier molecular flexibility index (Phi) is 4.52. The van der Waals surface area contributed by atoms with Crippen LogP contribution in [0.2, 0.25) is 0 Å². The van der Waals surface area contributed by atoms with Crippen LogP contribution >= 0.6 is 22.7 Å². The van der Waals surface area contributed by atoms with E-state index < -0.39 is 0 Å². The Morgan fingerprint density at radius 3 is 2.17 bits per heavy atom. The Morgan fingerprint density at radius 1 is 1.22 bits per heavy atom. The zero-order valence-electron chi connectivity index (χ0n) is 10.3. The van der Waals surface area contributed by atoms with Crippen LogP contribution in [0.25, 0.3) is 0 Å². The molecule has 0 aromatic carbocycles. The molecule has 0 aliphatic heterocycles. The molecule has 0 aliphatic rings. The van der Waals surface area contributed by atoms with E-state index in [2.05, 4.69) is 17.4 Å². The van der Waals surface area contributed by atoms with Crippen molar-refractivity contribution in [3.63, 3.8) is 0 Å². The Hall–Kier alpha value is -1.17. The molecule has 1 unspecified atom stereocenters. The van der Waals surface area contributed by atoms with E-state index in [-0.39, 0.29) is 18.1 Å². The molecule has 18 heavy (non-hydrogen) atoms. The van der Waals surface area contributed by atoms with Gasteiger partial charge in [-0.25, -0.2) is 0 Å². The van der Waals surface area contributed by atoms with Gasteiger partial charge in [0, 0.05) is 9.75 Å². The third kappa shape index (κ3) is 2.98.